The molecule has 2 heteroatoms. The van der Waals surface area contributed by atoms with Crippen LogP contribution in [0.2, 0.25) is 0 Å². The Kier molecular flexibility index (Phi) is 5.18. The fourth-order valence-electron chi connectivity index (χ4n) is 6.82. The fraction of sp³-hybridized carbons (Fsp3) is 0.132. The van der Waals surface area contributed by atoms with Crippen molar-refractivity contribution in [2.75, 3.05) is 0 Å². The lowest BCUT2D eigenvalue weighted by atomic mass is 9.89. The highest BCUT2D eigenvalue weighted by Gasteiger charge is 2.21. The van der Waals surface area contributed by atoms with Gasteiger partial charge in [0.2, 0.25) is 0 Å². The first-order chi connectivity index (χ1) is 19.7. The van der Waals surface area contributed by atoms with Crippen LogP contribution in [-0.4, -0.2) is 5.97 Å². The van der Waals surface area contributed by atoms with Crippen LogP contribution in [0.5, 0.6) is 5.75 Å². The molecule has 0 saturated carbocycles. The number of aryl methyl sites for hydroxylation is 1. The summed E-state index contributed by atoms with van der Waals surface area (Å²) in [5.74, 6) is 0.337. The van der Waals surface area contributed by atoms with Crippen molar-refractivity contribution in [3.8, 4) is 5.75 Å². The van der Waals surface area contributed by atoms with E-state index >= 15 is 0 Å². The van der Waals surface area contributed by atoms with Crippen molar-refractivity contribution in [1.29, 1.82) is 0 Å². The van der Waals surface area contributed by atoms with Gasteiger partial charge in [0.1, 0.15) is 5.75 Å². The van der Waals surface area contributed by atoms with Crippen molar-refractivity contribution < 1.29 is 9.53 Å². The van der Waals surface area contributed by atoms with E-state index < -0.39 is 0 Å². The molecule has 8 rings (SSSR count). The van der Waals surface area contributed by atoms with Crippen LogP contribution in [0.4, 0.5) is 0 Å². The highest BCUT2D eigenvalue weighted by Crippen LogP contribution is 2.39. The van der Waals surface area contributed by atoms with Crippen LogP contribution in [-0.2, 0) is 11.2 Å². The fourth-order valence-corrected chi connectivity index (χ4v) is 6.82. The standard InChI is InChI=1S/C38H28O2/c1-2-23(9-10-24-11-12-29-15-13-25-5-3-7-27-17-20-31(24)36(29)34(25)27)38(39)40-33-22-19-30-16-14-26-6-4-8-28-18-21-32(33)37(30)35(26)28/h3-8,11-23H,2,9-10H2,1H3. The first-order valence-corrected chi connectivity index (χ1v) is 14.2. The summed E-state index contributed by atoms with van der Waals surface area (Å²) in [6.07, 6.45) is 2.34. The molecule has 40 heavy (non-hydrogen) atoms. The van der Waals surface area contributed by atoms with Gasteiger partial charge < -0.3 is 4.74 Å². The average molecular weight is 517 g/mol. The third kappa shape index (κ3) is 3.46. The maximum atomic E-state index is 13.5. The molecule has 0 N–H and O–H groups in total. The Morgan fingerprint density at radius 2 is 1.05 bits per heavy atom. The molecule has 192 valence electrons. The van der Waals surface area contributed by atoms with Crippen molar-refractivity contribution in [2.45, 2.75) is 26.2 Å². The number of ether oxygens (including phenoxy) is 1. The van der Waals surface area contributed by atoms with Gasteiger partial charge in [-0.3, -0.25) is 4.79 Å². The zero-order chi connectivity index (χ0) is 26.8. The second-order valence-corrected chi connectivity index (χ2v) is 11.1. The molecular weight excluding hydrogens is 488 g/mol. The zero-order valence-corrected chi connectivity index (χ0v) is 22.4. The summed E-state index contributed by atoms with van der Waals surface area (Å²) in [7, 11) is 0. The molecule has 0 aromatic heterocycles. The van der Waals surface area contributed by atoms with Crippen LogP contribution in [0.25, 0.3) is 64.6 Å². The van der Waals surface area contributed by atoms with Crippen LogP contribution in [0.15, 0.2) is 109 Å². The SMILES string of the molecule is CCC(CCc1ccc2ccc3cccc4ccc1c2c34)C(=O)Oc1ccc2ccc3cccc4ccc1c2c34. The van der Waals surface area contributed by atoms with Gasteiger partial charge in [0.05, 0.1) is 5.92 Å². The molecule has 8 aromatic rings. The van der Waals surface area contributed by atoms with E-state index in [4.69, 9.17) is 4.74 Å². The molecule has 0 aliphatic rings. The zero-order valence-electron chi connectivity index (χ0n) is 22.4. The Morgan fingerprint density at radius 1 is 0.575 bits per heavy atom. The van der Waals surface area contributed by atoms with Crippen LogP contribution in [0.1, 0.15) is 25.3 Å². The number of esters is 1. The molecule has 0 radical (unpaired) electrons. The van der Waals surface area contributed by atoms with Gasteiger partial charge in [0.25, 0.3) is 0 Å². The molecule has 0 aliphatic carbocycles. The summed E-state index contributed by atoms with van der Waals surface area (Å²) < 4.78 is 6.15. The van der Waals surface area contributed by atoms with Gasteiger partial charge in [-0.1, -0.05) is 104 Å². The van der Waals surface area contributed by atoms with E-state index in [1.807, 2.05) is 6.07 Å². The number of carbonyl (C=O) groups excluding carboxylic acids is 1. The molecule has 0 fully saturated rings. The first-order valence-electron chi connectivity index (χ1n) is 14.2. The maximum Gasteiger partial charge on any atom is 0.314 e. The molecule has 0 amide bonds. The van der Waals surface area contributed by atoms with Gasteiger partial charge in [-0.2, -0.15) is 0 Å². The monoisotopic (exact) mass is 516 g/mol. The molecule has 8 aromatic carbocycles. The molecule has 0 bridgehead atoms. The summed E-state index contributed by atoms with van der Waals surface area (Å²) in [6.45, 7) is 2.08. The van der Waals surface area contributed by atoms with E-state index in [9.17, 15) is 4.79 Å². The number of carbonyl (C=O) groups is 1. The lowest BCUT2D eigenvalue weighted by Crippen LogP contribution is -2.21. The van der Waals surface area contributed by atoms with Gasteiger partial charge in [-0.25, -0.2) is 0 Å². The molecule has 0 spiro atoms. The molecule has 0 heterocycles. The largest absolute Gasteiger partial charge is 0.426 e. The van der Waals surface area contributed by atoms with E-state index in [2.05, 4.69) is 110 Å². The van der Waals surface area contributed by atoms with Crippen molar-refractivity contribution in [3.63, 3.8) is 0 Å². The summed E-state index contributed by atoms with van der Waals surface area (Å²) in [6, 6.07) is 38.8. The van der Waals surface area contributed by atoms with E-state index in [-0.39, 0.29) is 11.9 Å². The number of hydrogen-bond donors (Lipinski definition) is 0. The predicted octanol–water partition coefficient (Wildman–Crippen LogP) is 10.0. The van der Waals surface area contributed by atoms with Crippen LogP contribution in [0, 0.1) is 5.92 Å². The average Bonchev–Trinajstić information content (AvgIpc) is 3.00. The minimum Gasteiger partial charge on any atom is -0.426 e. The van der Waals surface area contributed by atoms with Gasteiger partial charge in [-0.15, -0.1) is 0 Å². The van der Waals surface area contributed by atoms with Crippen molar-refractivity contribution >= 4 is 70.6 Å². The van der Waals surface area contributed by atoms with Crippen LogP contribution in [0.3, 0.4) is 0 Å². The molecule has 0 aliphatic heterocycles. The van der Waals surface area contributed by atoms with Gasteiger partial charge in [0, 0.05) is 10.8 Å². The van der Waals surface area contributed by atoms with Gasteiger partial charge in [-0.05, 0) is 90.8 Å². The number of hydrogen-bond acceptors (Lipinski definition) is 2. The van der Waals surface area contributed by atoms with Gasteiger partial charge >= 0.3 is 5.97 Å². The maximum absolute atomic E-state index is 13.5. The lowest BCUT2D eigenvalue weighted by Gasteiger charge is -2.18. The Labute approximate surface area is 232 Å². The van der Waals surface area contributed by atoms with Gasteiger partial charge in [0.15, 0.2) is 0 Å². The summed E-state index contributed by atoms with van der Waals surface area (Å²) in [5.41, 5.74) is 1.29. The van der Waals surface area contributed by atoms with Crippen LogP contribution >= 0.6 is 0 Å². The lowest BCUT2D eigenvalue weighted by molar-refractivity contribution is -0.139. The third-order valence-corrected chi connectivity index (χ3v) is 8.91. The molecule has 1 atom stereocenters. The minimum absolute atomic E-state index is 0.143. The quantitative estimate of drug-likeness (QED) is 0.125. The van der Waals surface area contributed by atoms with E-state index in [1.54, 1.807) is 0 Å². The summed E-state index contributed by atoms with van der Waals surface area (Å²) >= 11 is 0. The smallest absolute Gasteiger partial charge is 0.314 e. The summed E-state index contributed by atoms with van der Waals surface area (Å²) in [5, 5.41) is 14.7. The van der Waals surface area contributed by atoms with E-state index in [0.717, 1.165) is 24.6 Å². The highest BCUT2D eigenvalue weighted by atomic mass is 16.5. The Morgan fingerprint density at radius 3 is 1.65 bits per heavy atom. The first kappa shape index (κ1) is 23.2. The topological polar surface area (TPSA) is 26.3 Å². The number of rotatable bonds is 6. The van der Waals surface area contributed by atoms with Crippen LogP contribution < -0.4 is 4.74 Å². The Balaban J connectivity index is 1.11. The Bertz CT molecular complexity index is 2180. The molecule has 1 unspecified atom stereocenters. The number of benzene rings is 8. The second kappa shape index (κ2) is 8.93. The Hall–Kier alpha value is -4.69. The predicted molar refractivity (Wildman–Crippen MR) is 168 cm³/mol. The van der Waals surface area contributed by atoms with Crippen molar-refractivity contribution in [1.82, 2.24) is 0 Å². The second-order valence-electron chi connectivity index (χ2n) is 11.1. The van der Waals surface area contributed by atoms with Crippen molar-refractivity contribution in [3.05, 3.63) is 115 Å². The highest BCUT2D eigenvalue weighted by molar-refractivity contribution is 6.25. The molecule has 0 saturated heterocycles. The summed E-state index contributed by atoms with van der Waals surface area (Å²) in [4.78, 5) is 13.5. The van der Waals surface area contributed by atoms with E-state index in [0.29, 0.717) is 5.75 Å². The third-order valence-electron chi connectivity index (χ3n) is 8.91. The minimum atomic E-state index is -0.169. The molecular formula is C38H28O2. The van der Waals surface area contributed by atoms with E-state index in [1.165, 1.54) is 64.8 Å². The normalized spacial score (nSPS) is 12.9. The molecule has 2 nitrogen and oxygen atoms in total. The van der Waals surface area contributed by atoms with Crippen molar-refractivity contribution in [2.24, 2.45) is 5.92 Å².